The summed E-state index contributed by atoms with van der Waals surface area (Å²) in [7, 11) is 0. The molecule has 5 heteroatoms. The Balaban J connectivity index is 1.82. The molecule has 1 saturated heterocycles. The molecule has 0 aliphatic carbocycles. The average molecular weight is 305 g/mol. The Morgan fingerprint density at radius 2 is 1.95 bits per heavy atom. The first-order valence-electron chi connectivity index (χ1n) is 7.74. The smallest absolute Gasteiger partial charge is 0.410 e. The van der Waals surface area contributed by atoms with Gasteiger partial charge in [0.15, 0.2) is 0 Å². The predicted molar refractivity (Wildman–Crippen MR) is 82.1 cm³/mol. The second-order valence-electron chi connectivity index (χ2n) is 5.61. The van der Waals surface area contributed by atoms with Crippen molar-refractivity contribution in [2.75, 3.05) is 19.7 Å². The number of rotatable bonds is 4. The van der Waals surface area contributed by atoms with Crippen molar-refractivity contribution < 1.29 is 19.1 Å². The lowest BCUT2D eigenvalue weighted by atomic mass is 9.87. The van der Waals surface area contributed by atoms with Crippen LogP contribution in [0, 0.1) is 11.8 Å². The van der Waals surface area contributed by atoms with E-state index in [0.717, 1.165) is 5.56 Å². The van der Waals surface area contributed by atoms with Gasteiger partial charge < -0.3 is 14.4 Å². The summed E-state index contributed by atoms with van der Waals surface area (Å²) in [5.41, 5.74) is 0.963. The highest BCUT2D eigenvalue weighted by Crippen LogP contribution is 2.25. The SMILES string of the molecule is CCOC(=O)[C@@H]1CCN(C(=O)OCc2ccccc2)C[C@@H]1C. The van der Waals surface area contributed by atoms with Crippen molar-refractivity contribution in [3.05, 3.63) is 35.9 Å². The number of esters is 1. The molecule has 1 aliphatic rings. The lowest BCUT2D eigenvalue weighted by Crippen LogP contribution is -2.45. The Hall–Kier alpha value is -2.04. The van der Waals surface area contributed by atoms with Crippen LogP contribution >= 0.6 is 0 Å². The van der Waals surface area contributed by atoms with Gasteiger partial charge in [0, 0.05) is 13.1 Å². The predicted octanol–water partition coefficient (Wildman–Crippen LogP) is 2.84. The van der Waals surface area contributed by atoms with E-state index in [-0.39, 0.29) is 30.5 Å². The van der Waals surface area contributed by atoms with Gasteiger partial charge in [-0.25, -0.2) is 4.79 Å². The molecule has 0 bridgehead atoms. The molecule has 0 N–H and O–H groups in total. The average Bonchev–Trinajstić information content (AvgIpc) is 2.53. The van der Waals surface area contributed by atoms with Crippen molar-refractivity contribution in [1.29, 1.82) is 0 Å². The molecular weight excluding hydrogens is 282 g/mol. The summed E-state index contributed by atoms with van der Waals surface area (Å²) < 4.78 is 10.4. The van der Waals surface area contributed by atoms with Crippen LogP contribution in [0.25, 0.3) is 0 Å². The van der Waals surface area contributed by atoms with E-state index in [1.165, 1.54) is 0 Å². The Bertz CT molecular complexity index is 503. The van der Waals surface area contributed by atoms with Crippen molar-refractivity contribution in [3.63, 3.8) is 0 Å². The highest BCUT2D eigenvalue weighted by molar-refractivity contribution is 5.74. The summed E-state index contributed by atoms with van der Waals surface area (Å²) in [5, 5.41) is 0. The molecule has 120 valence electrons. The van der Waals surface area contributed by atoms with Crippen LogP contribution in [0.15, 0.2) is 30.3 Å². The third-order valence-corrected chi connectivity index (χ3v) is 3.96. The Morgan fingerprint density at radius 1 is 1.23 bits per heavy atom. The first-order valence-corrected chi connectivity index (χ1v) is 7.74. The Kier molecular flexibility index (Phi) is 5.81. The van der Waals surface area contributed by atoms with E-state index >= 15 is 0 Å². The summed E-state index contributed by atoms with van der Waals surface area (Å²) in [6, 6.07) is 9.59. The van der Waals surface area contributed by atoms with Crippen molar-refractivity contribution in [3.8, 4) is 0 Å². The minimum atomic E-state index is -0.321. The van der Waals surface area contributed by atoms with Gasteiger partial charge in [-0.1, -0.05) is 37.3 Å². The number of likely N-dealkylation sites (tertiary alicyclic amines) is 1. The largest absolute Gasteiger partial charge is 0.466 e. The van der Waals surface area contributed by atoms with Crippen LogP contribution in [0.5, 0.6) is 0 Å². The number of carbonyl (C=O) groups is 2. The molecule has 0 aromatic heterocycles. The fraction of sp³-hybridized carbons (Fsp3) is 0.529. The monoisotopic (exact) mass is 305 g/mol. The van der Waals surface area contributed by atoms with Gasteiger partial charge in [-0.2, -0.15) is 0 Å². The van der Waals surface area contributed by atoms with E-state index in [0.29, 0.717) is 26.1 Å². The van der Waals surface area contributed by atoms with Crippen molar-refractivity contribution >= 4 is 12.1 Å². The van der Waals surface area contributed by atoms with Crippen LogP contribution < -0.4 is 0 Å². The maximum absolute atomic E-state index is 12.1. The number of hydrogen-bond donors (Lipinski definition) is 0. The number of nitrogens with zero attached hydrogens (tertiary/aromatic N) is 1. The lowest BCUT2D eigenvalue weighted by molar-refractivity contribution is -0.151. The second kappa shape index (κ2) is 7.82. The van der Waals surface area contributed by atoms with Crippen molar-refractivity contribution in [2.24, 2.45) is 11.8 Å². The topological polar surface area (TPSA) is 55.8 Å². The van der Waals surface area contributed by atoms with Crippen LogP contribution in [-0.2, 0) is 20.9 Å². The zero-order valence-corrected chi connectivity index (χ0v) is 13.2. The molecule has 2 rings (SSSR count). The number of piperidine rings is 1. The summed E-state index contributed by atoms with van der Waals surface area (Å²) in [6.45, 7) is 5.49. The van der Waals surface area contributed by atoms with Gasteiger partial charge in [0.05, 0.1) is 12.5 Å². The third kappa shape index (κ3) is 4.23. The second-order valence-corrected chi connectivity index (χ2v) is 5.61. The fourth-order valence-corrected chi connectivity index (χ4v) is 2.72. The molecule has 0 spiro atoms. The van der Waals surface area contributed by atoms with Gasteiger partial charge in [-0.05, 0) is 24.8 Å². The Morgan fingerprint density at radius 3 is 2.59 bits per heavy atom. The van der Waals surface area contributed by atoms with E-state index in [1.54, 1.807) is 11.8 Å². The van der Waals surface area contributed by atoms with Crippen LogP contribution in [-0.4, -0.2) is 36.7 Å². The summed E-state index contributed by atoms with van der Waals surface area (Å²) in [5.74, 6) is -0.206. The van der Waals surface area contributed by atoms with Crippen molar-refractivity contribution in [1.82, 2.24) is 4.90 Å². The zero-order valence-electron chi connectivity index (χ0n) is 13.2. The molecule has 2 atom stereocenters. The van der Waals surface area contributed by atoms with Crippen LogP contribution in [0.2, 0.25) is 0 Å². The van der Waals surface area contributed by atoms with E-state index in [1.807, 2.05) is 37.3 Å². The molecule has 1 amide bonds. The number of ether oxygens (including phenoxy) is 2. The van der Waals surface area contributed by atoms with Crippen LogP contribution in [0.4, 0.5) is 4.79 Å². The minimum absolute atomic E-state index is 0.0806. The maximum atomic E-state index is 12.1. The van der Waals surface area contributed by atoms with E-state index in [4.69, 9.17) is 9.47 Å². The van der Waals surface area contributed by atoms with Gasteiger partial charge in [-0.15, -0.1) is 0 Å². The first-order chi connectivity index (χ1) is 10.6. The lowest BCUT2D eigenvalue weighted by Gasteiger charge is -2.34. The van der Waals surface area contributed by atoms with Gasteiger partial charge in [0.25, 0.3) is 0 Å². The van der Waals surface area contributed by atoms with E-state index in [9.17, 15) is 9.59 Å². The van der Waals surface area contributed by atoms with Gasteiger partial charge >= 0.3 is 12.1 Å². The number of carbonyl (C=O) groups excluding carboxylic acids is 2. The highest BCUT2D eigenvalue weighted by Gasteiger charge is 2.34. The third-order valence-electron chi connectivity index (χ3n) is 3.96. The van der Waals surface area contributed by atoms with E-state index in [2.05, 4.69) is 0 Å². The first kappa shape index (κ1) is 16.3. The molecule has 1 fully saturated rings. The Labute approximate surface area is 131 Å². The van der Waals surface area contributed by atoms with Crippen LogP contribution in [0.3, 0.4) is 0 Å². The fourth-order valence-electron chi connectivity index (χ4n) is 2.72. The molecule has 0 radical (unpaired) electrons. The molecule has 1 aromatic rings. The van der Waals surface area contributed by atoms with Gasteiger partial charge in [0.2, 0.25) is 0 Å². The normalized spacial score (nSPS) is 21.3. The summed E-state index contributed by atoms with van der Waals surface area (Å²) in [6.07, 6.45) is 0.304. The van der Waals surface area contributed by atoms with Gasteiger partial charge in [0.1, 0.15) is 6.61 Å². The summed E-state index contributed by atoms with van der Waals surface area (Å²) in [4.78, 5) is 25.6. The zero-order chi connectivity index (χ0) is 15.9. The quantitative estimate of drug-likeness (QED) is 0.803. The molecule has 22 heavy (non-hydrogen) atoms. The highest BCUT2D eigenvalue weighted by atomic mass is 16.6. The molecule has 0 saturated carbocycles. The van der Waals surface area contributed by atoms with Crippen molar-refractivity contribution in [2.45, 2.75) is 26.9 Å². The number of hydrogen-bond acceptors (Lipinski definition) is 4. The standard InChI is InChI=1S/C17H23NO4/c1-3-21-16(19)15-9-10-18(11-13(15)2)17(20)22-12-14-7-5-4-6-8-14/h4-8,13,15H,3,9-12H2,1-2H3/t13-,15+/m0/s1. The van der Waals surface area contributed by atoms with Crippen LogP contribution in [0.1, 0.15) is 25.8 Å². The minimum Gasteiger partial charge on any atom is -0.466 e. The molecular formula is C17H23NO4. The van der Waals surface area contributed by atoms with Gasteiger partial charge in [-0.3, -0.25) is 4.79 Å². The summed E-state index contributed by atoms with van der Waals surface area (Å²) >= 11 is 0. The molecule has 1 aliphatic heterocycles. The molecule has 5 nitrogen and oxygen atoms in total. The molecule has 0 unspecified atom stereocenters. The molecule has 1 heterocycles. The van der Waals surface area contributed by atoms with E-state index < -0.39 is 0 Å². The number of amides is 1. The molecule has 1 aromatic carbocycles. The number of benzene rings is 1. The maximum Gasteiger partial charge on any atom is 0.410 e.